The molecule has 0 spiro atoms. The van der Waals surface area contributed by atoms with Crippen molar-refractivity contribution < 1.29 is 28.1 Å². The van der Waals surface area contributed by atoms with Gasteiger partial charge in [0.2, 0.25) is 0 Å². The van der Waals surface area contributed by atoms with E-state index >= 15 is 0 Å². The van der Waals surface area contributed by atoms with Gasteiger partial charge in [-0.3, -0.25) is 0 Å². The number of benzene rings is 1. The van der Waals surface area contributed by atoms with Crippen LogP contribution in [0.5, 0.6) is 5.75 Å². The molecule has 1 rings (SSSR count). The molecule has 2 unspecified atom stereocenters. The Bertz CT molecular complexity index is 389. The molecule has 1 aromatic rings. The number of aliphatic hydroxyl groups excluding tert-OH is 1. The SMILES string of the molecule is COCC(C)OCC(O)CNc1ccc(OC(F)F)cc1. The molecule has 0 bridgehead atoms. The van der Waals surface area contributed by atoms with Crippen LogP contribution in [0.25, 0.3) is 0 Å². The van der Waals surface area contributed by atoms with E-state index in [2.05, 4.69) is 10.1 Å². The zero-order valence-electron chi connectivity index (χ0n) is 12.1. The zero-order chi connectivity index (χ0) is 15.7. The van der Waals surface area contributed by atoms with E-state index < -0.39 is 12.7 Å². The molecule has 0 aliphatic rings. The summed E-state index contributed by atoms with van der Waals surface area (Å²) in [5.74, 6) is 0.0906. The van der Waals surface area contributed by atoms with Crippen molar-refractivity contribution in [3.8, 4) is 5.75 Å². The highest BCUT2D eigenvalue weighted by Gasteiger charge is 2.08. The molecule has 0 saturated heterocycles. The summed E-state index contributed by atoms with van der Waals surface area (Å²) in [7, 11) is 1.58. The molecule has 2 N–H and O–H groups in total. The summed E-state index contributed by atoms with van der Waals surface area (Å²) < 4.78 is 38.5. The van der Waals surface area contributed by atoms with Crippen LogP contribution in [-0.2, 0) is 9.47 Å². The molecule has 0 aromatic heterocycles. The van der Waals surface area contributed by atoms with Crippen LogP contribution in [0.2, 0.25) is 0 Å². The number of hydrogen-bond acceptors (Lipinski definition) is 5. The monoisotopic (exact) mass is 305 g/mol. The Kier molecular flexibility index (Phi) is 7.96. The third kappa shape index (κ3) is 7.79. The normalized spacial score (nSPS) is 14.0. The second kappa shape index (κ2) is 9.49. The average Bonchev–Trinajstić information content (AvgIpc) is 2.44. The fourth-order valence-corrected chi connectivity index (χ4v) is 1.61. The van der Waals surface area contributed by atoms with Crippen molar-refractivity contribution in [3.63, 3.8) is 0 Å². The lowest BCUT2D eigenvalue weighted by Gasteiger charge is -2.17. The third-order valence-corrected chi connectivity index (χ3v) is 2.60. The van der Waals surface area contributed by atoms with E-state index in [9.17, 15) is 13.9 Å². The number of alkyl halides is 2. The summed E-state index contributed by atoms with van der Waals surface area (Å²) in [5.41, 5.74) is 0.695. The summed E-state index contributed by atoms with van der Waals surface area (Å²) in [6.07, 6.45) is -0.767. The molecule has 7 heteroatoms. The summed E-state index contributed by atoms with van der Waals surface area (Å²) in [5, 5.41) is 12.7. The van der Waals surface area contributed by atoms with Gasteiger partial charge in [0.05, 0.1) is 25.4 Å². The van der Waals surface area contributed by atoms with Gasteiger partial charge in [0.1, 0.15) is 5.75 Å². The lowest BCUT2D eigenvalue weighted by molar-refractivity contribution is -0.0498. The molecule has 0 fully saturated rings. The Morgan fingerprint density at radius 3 is 2.43 bits per heavy atom. The largest absolute Gasteiger partial charge is 0.435 e. The van der Waals surface area contributed by atoms with Gasteiger partial charge >= 0.3 is 6.61 Å². The van der Waals surface area contributed by atoms with Gasteiger partial charge in [-0.2, -0.15) is 8.78 Å². The molecule has 21 heavy (non-hydrogen) atoms. The Balaban J connectivity index is 2.27. The summed E-state index contributed by atoms with van der Waals surface area (Å²) in [6, 6.07) is 6.05. The first-order valence-corrected chi connectivity index (χ1v) is 6.58. The predicted molar refractivity (Wildman–Crippen MR) is 74.9 cm³/mol. The van der Waals surface area contributed by atoms with E-state index in [1.165, 1.54) is 12.1 Å². The average molecular weight is 305 g/mol. The van der Waals surface area contributed by atoms with Crippen molar-refractivity contribution in [2.24, 2.45) is 0 Å². The molecule has 0 aliphatic carbocycles. The van der Waals surface area contributed by atoms with E-state index in [0.717, 1.165) is 0 Å². The van der Waals surface area contributed by atoms with Crippen molar-refractivity contribution in [3.05, 3.63) is 24.3 Å². The van der Waals surface area contributed by atoms with E-state index in [0.29, 0.717) is 12.3 Å². The fourth-order valence-electron chi connectivity index (χ4n) is 1.61. The number of rotatable bonds is 10. The highest BCUT2D eigenvalue weighted by atomic mass is 19.3. The lowest BCUT2D eigenvalue weighted by Crippen LogP contribution is -2.28. The molecule has 0 heterocycles. The second-order valence-corrected chi connectivity index (χ2v) is 4.54. The molecule has 0 saturated carbocycles. The minimum absolute atomic E-state index is 0.0876. The Morgan fingerprint density at radius 1 is 1.19 bits per heavy atom. The highest BCUT2D eigenvalue weighted by molar-refractivity contribution is 5.46. The van der Waals surface area contributed by atoms with Crippen LogP contribution in [-0.4, -0.2) is 50.8 Å². The fraction of sp³-hybridized carbons (Fsp3) is 0.571. The van der Waals surface area contributed by atoms with E-state index in [-0.39, 0.29) is 25.0 Å². The molecule has 1 aromatic carbocycles. The van der Waals surface area contributed by atoms with Gasteiger partial charge in [-0.1, -0.05) is 0 Å². The number of nitrogens with one attached hydrogen (secondary N) is 1. The molecule has 0 amide bonds. The smallest absolute Gasteiger partial charge is 0.387 e. The molecule has 120 valence electrons. The lowest BCUT2D eigenvalue weighted by atomic mass is 10.3. The number of methoxy groups -OCH3 is 1. The van der Waals surface area contributed by atoms with Crippen LogP contribution in [0.3, 0.4) is 0 Å². The zero-order valence-corrected chi connectivity index (χ0v) is 12.1. The van der Waals surface area contributed by atoms with Gasteiger partial charge in [-0.25, -0.2) is 0 Å². The van der Waals surface area contributed by atoms with Gasteiger partial charge in [0.15, 0.2) is 0 Å². The van der Waals surface area contributed by atoms with Crippen LogP contribution < -0.4 is 10.1 Å². The standard InChI is InChI=1S/C14H21F2NO4/c1-10(8-19-2)20-9-12(18)7-17-11-3-5-13(6-4-11)21-14(15)16/h3-6,10,12,14,17-18H,7-9H2,1-2H3. The molecular weight excluding hydrogens is 284 g/mol. The maximum atomic E-state index is 12.0. The van der Waals surface area contributed by atoms with Gasteiger partial charge < -0.3 is 24.6 Å². The predicted octanol–water partition coefficient (Wildman–Crippen LogP) is 2.11. The molecular formula is C14H21F2NO4. The third-order valence-electron chi connectivity index (χ3n) is 2.60. The van der Waals surface area contributed by atoms with Crippen LogP contribution in [0, 0.1) is 0 Å². The van der Waals surface area contributed by atoms with Gasteiger partial charge in [-0.15, -0.1) is 0 Å². The van der Waals surface area contributed by atoms with Crippen LogP contribution in [0.15, 0.2) is 24.3 Å². The van der Waals surface area contributed by atoms with Crippen molar-refractivity contribution in [2.75, 3.05) is 32.2 Å². The number of hydrogen-bond donors (Lipinski definition) is 2. The first-order chi connectivity index (χ1) is 10.0. The van der Waals surface area contributed by atoms with Crippen LogP contribution >= 0.6 is 0 Å². The summed E-state index contributed by atoms with van der Waals surface area (Å²) in [6.45, 7) is -0.0485. The number of halogens is 2. The van der Waals surface area contributed by atoms with Crippen molar-refractivity contribution in [2.45, 2.75) is 25.7 Å². The van der Waals surface area contributed by atoms with Crippen molar-refractivity contribution in [1.29, 1.82) is 0 Å². The van der Waals surface area contributed by atoms with Gasteiger partial charge in [-0.05, 0) is 31.2 Å². The van der Waals surface area contributed by atoms with E-state index in [4.69, 9.17) is 9.47 Å². The minimum Gasteiger partial charge on any atom is -0.435 e. The maximum absolute atomic E-state index is 12.0. The summed E-state index contributed by atoms with van der Waals surface area (Å²) in [4.78, 5) is 0. The Hall–Kier alpha value is -1.44. The van der Waals surface area contributed by atoms with Gasteiger partial charge in [0, 0.05) is 19.3 Å². The van der Waals surface area contributed by atoms with Crippen LogP contribution in [0.1, 0.15) is 6.92 Å². The first-order valence-electron chi connectivity index (χ1n) is 6.58. The van der Waals surface area contributed by atoms with Crippen molar-refractivity contribution in [1.82, 2.24) is 0 Å². The molecule has 0 radical (unpaired) electrons. The van der Waals surface area contributed by atoms with E-state index in [1.54, 1.807) is 19.2 Å². The molecule has 5 nitrogen and oxygen atoms in total. The summed E-state index contributed by atoms with van der Waals surface area (Å²) >= 11 is 0. The second-order valence-electron chi connectivity index (χ2n) is 4.54. The highest BCUT2D eigenvalue weighted by Crippen LogP contribution is 2.17. The Morgan fingerprint density at radius 2 is 1.86 bits per heavy atom. The maximum Gasteiger partial charge on any atom is 0.387 e. The Labute approximate surface area is 122 Å². The van der Waals surface area contributed by atoms with E-state index in [1.807, 2.05) is 6.92 Å². The van der Waals surface area contributed by atoms with Crippen LogP contribution in [0.4, 0.5) is 14.5 Å². The minimum atomic E-state index is -2.84. The number of aliphatic hydroxyl groups is 1. The first kappa shape index (κ1) is 17.6. The molecule has 2 atom stereocenters. The number of ether oxygens (including phenoxy) is 3. The number of anilines is 1. The molecule has 0 aliphatic heterocycles. The topological polar surface area (TPSA) is 60.0 Å². The van der Waals surface area contributed by atoms with Gasteiger partial charge in [0.25, 0.3) is 0 Å². The quantitative estimate of drug-likeness (QED) is 0.693. The van der Waals surface area contributed by atoms with Crippen molar-refractivity contribution >= 4 is 5.69 Å².